The summed E-state index contributed by atoms with van der Waals surface area (Å²) in [4.78, 5) is 12.0. The molecule has 170 valence electrons. The minimum Gasteiger partial charge on any atom is -0.350 e. The summed E-state index contributed by atoms with van der Waals surface area (Å²) in [6.45, 7) is 3.82. The van der Waals surface area contributed by atoms with Gasteiger partial charge in [-0.05, 0) is 67.1 Å². The third-order valence-corrected chi connectivity index (χ3v) is 7.31. The van der Waals surface area contributed by atoms with Gasteiger partial charge in [-0.1, -0.05) is 41.8 Å². The van der Waals surface area contributed by atoms with Crippen molar-refractivity contribution < 1.29 is 9.18 Å². The maximum Gasteiger partial charge on any atom is 0.217 e. The Bertz CT molecular complexity index is 1230. The lowest BCUT2D eigenvalue weighted by Crippen LogP contribution is -2.28. The van der Waals surface area contributed by atoms with Crippen LogP contribution in [0.15, 0.2) is 65.9 Å². The Morgan fingerprint density at radius 1 is 1.27 bits per heavy atom. The molecule has 2 aliphatic rings. The van der Waals surface area contributed by atoms with Crippen molar-refractivity contribution in [1.29, 1.82) is 0 Å². The summed E-state index contributed by atoms with van der Waals surface area (Å²) in [6, 6.07) is 14.2. The molecule has 1 aromatic heterocycles. The number of nitrogens with one attached hydrogen (secondary N) is 1. The summed E-state index contributed by atoms with van der Waals surface area (Å²) >= 11 is 6.24. The number of fused-ring (bicyclic) bond motifs is 1. The van der Waals surface area contributed by atoms with E-state index in [-0.39, 0.29) is 23.7 Å². The molecule has 33 heavy (non-hydrogen) atoms. The quantitative estimate of drug-likeness (QED) is 0.451. The number of aromatic nitrogens is 2. The van der Waals surface area contributed by atoms with Gasteiger partial charge in [-0.2, -0.15) is 5.10 Å². The molecule has 3 atom stereocenters. The fourth-order valence-electron chi connectivity index (χ4n) is 5.66. The van der Waals surface area contributed by atoms with Gasteiger partial charge in [-0.25, -0.2) is 9.07 Å². The lowest BCUT2D eigenvalue weighted by atomic mass is 9.78. The summed E-state index contributed by atoms with van der Waals surface area (Å²) in [5.41, 5.74) is 7.34. The van der Waals surface area contributed by atoms with E-state index in [9.17, 15) is 9.18 Å². The van der Waals surface area contributed by atoms with E-state index in [0.29, 0.717) is 10.9 Å². The largest absolute Gasteiger partial charge is 0.350 e. The third kappa shape index (κ3) is 4.22. The molecule has 4 nitrogen and oxygen atoms in total. The highest BCUT2D eigenvalue weighted by atomic mass is 35.5. The molecule has 0 bridgehead atoms. The Labute approximate surface area is 198 Å². The number of amides is 1. The third-order valence-electron chi connectivity index (χ3n) is 7.08. The lowest BCUT2D eigenvalue weighted by molar-refractivity contribution is -0.119. The number of halogens is 2. The van der Waals surface area contributed by atoms with Gasteiger partial charge in [0.1, 0.15) is 5.82 Å². The standard InChI is InChI=1S/C27H27ClFN3O/c1-16-24-15-30-32(23-10-8-22(29)9-11-23)26(24)14-20-7-6-19(27(16)20)13-25(31-17(2)33)18-4-3-5-21(28)12-18/h3-5,8-12,15-16,19,25H,6-7,13-14H2,1-2H3,(H,31,33)/t16-,19+,25?/m0/s1. The first-order valence-electron chi connectivity index (χ1n) is 11.5. The molecule has 0 radical (unpaired) electrons. The van der Waals surface area contributed by atoms with E-state index in [2.05, 4.69) is 17.3 Å². The normalized spacial score (nSPS) is 20.4. The highest BCUT2D eigenvalue weighted by molar-refractivity contribution is 6.30. The van der Waals surface area contributed by atoms with Crippen LogP contribution in [0.2, 0.25) is 5.02 Å². The number of allylic oxidation sites excluding steroid dienone is 2. The average molecular weight is 464 g/mol. The minimum absolute atomic E-state index is 0.0354. The molecule has 0 fully saturated rings. The first-order chi connectivity index (χ1) is 15.9. The molecule has 0 aliphatic heterocycles. The Morgan fingerprint density at radius 3 is 2.79 bits per heavy atom. The minimum atomic E-state index is -0.245. The van der Waals surface area contributed by atoms with Crippen molar-refractivity contribution in [2.24, 2.45) is 5.92 Å². The van der Waals surface area contributed by atoms with Gasteiger partial charge in [0.2, 0.25) is 5.91 Å². The van der Waals surface area contributed by atoms with Gasteiger partial charge in [-0.15, -0.1) is 0 Å². The Kier molecular flexibility index (Phi) is 5.83. The monoisotopic (exact) mass is 463 g/mol. The smallest absolute Gasteiger partial charge is 0.217 e. The van der Waals surface area contributed by atoms with Gasteiger partial charge in [0.05, 0.1) is 23.6 Å². The molecule has 1 unspecified atom stereocenters. The highest BCUT2D eigenvalue weighted by Gasteiger charge is 2.37. The van der Waals surface area contributed by atoms with Crippen molar-refractivity contribution in [1.82, 2.24) is 15.1 Å². The Balaban J connectivity index is 1.43. The van der Waals surface area contributed by atoms with Crippen molar-refractivity contribution in [3.8, 4) is 5.69 Å². The van der Waals surface area contributed by atoms with E-state index in [4.69, 9.17) is 11.6 Å². The van der Waals surface area contributed by atoms with Crippen LogP contribution in [-0.4, -0.2) is 15.7 Å². The second-order valence-corrected chi connectivity index (χ2v) is 9.61. The summed E-state index contributed by atoms with van der Waals surface area (Å²) in [7, 11) is 0. The molecule has 1 amide bonds. The fraction of sp³-hybridized carbons (Fsp3) is 0.333. The zero-order valence-corrected chi connectivity index (χ0v) is 19.6. The van der Waals surface area contributed by atoms with Crippen LogP contribution in [0.1, 0.15) is 61.9 Å². The summed E-state index contributed by atoms with van der Waals surface area (Å²) in [5, 5.41) is 8.48. The molecule has 0 saturated carbocycles. The van der Waals surface area contributed by atoms with Gasteiger partial charge in [0, 0.05) is 29.8 Å². The topological polar surface area (TPSA) is 46.9 Å². The van der Waals surface area contributed by atoms with Gasteiger partial charge in [0.15, 0.2) is 0 Å². The van der Waals surface area contributed by atoms with Crippen molar-refractivity contribution in [3.63, 3.8) is 0 Å². The van der Waals surface area contributed by atoms with Gasteiger partial charge in [0.25, 0.3) is 0 Å². The second-order valence-electron chi connectivity index (χ2n) is 9.17. The molecule has 1 heterocycles. The molecule has 2 aliphatic carbocycles. The number of hydrogen-bond acceptors (Lipinski definition) is 2. The first-order valence-corrected chi connectivity index (χ1v) is 11.9. The Morgan fingerprint density at radius 2 is 2.06 bits per heavy atom. The predicted molar refractivity (Wildman–Crippen MR) is 128 cm³/mol. The molecule has 5 rings (SSSR count). The van der Waals surface area contributed by atoms with Crippen molar-refractivity contribution in [3.05, 3.63) is 93.5 Å². The maximum absolute atomic E-state index is 13.4. The highest BCUT2D eigenvalue weighted by Crippen LogP contribution is 2.49. The second kappa shape index (κ2) is 8.79. The van der Waals surface area contributed by atoms with E-state index < -0.39 is 0 Å². The van der Waals surface area contributed by atoms with Crippen LogP contribution in [0.3, 0.4) is 0 Å². The maximum atomic E-state index is 13.4. The number of benzene rings is 2. The van der Waals surface area contributed by atoms with Gasteiger partial charge in [-0.3, -0.25) is 4.79 Å². The number of carbonyl (C=O) groups excluding carboxylic acids is 1. The Hall–Kier alpha value is -2.92. The van der Waals surface area contributed by atoms with Crippen LogP contribution < -0.4 is 5.32 Å². The van der Waals surface area contributed by atoms with Crippen molar-refractivity contribution >= 4 is 17.5 Å². The molecular formula is C27H27ClFN3O. The fourth-order valence-corrected chi connectivity index (χ4v) is 5.86. The molecule has 0 spiro atoms. The molecule has 2 aromatic carbocycles. The first kappa shape index (κ1) is 21.9. The van der Waals surface area contributed by atoms with E-state index in [0.717, 1.165) is 36.9 Å². The van der Waals surface area contributed by atoms with Crippen molar-refractivity contribution in [2.45, 2.75) is 51.5 Å². The summed E-state index contributed by atoms with van der Waals surface area (Å²) in [5.74, 6) is 0.382. The van der Waals surface area contributed by atoms with Gasteiger partial charge < -0.3 is 5.32 Å². The number of hydrogen-bond donors (Lipinski definition) is 1. The molecule has 1 N–H and O–H groups in total. The SMILES string of the molecule is CC(=O)NC(C[C@H]1CCC2=C1[C@@H](C)c1cnn(-c3ccc(F)cc3)c1C2)c1cccc(Cl)c1. The lowest BCUT2D eigenvalue weighted by Gasteiger charge is -2.29. The predicted octanol–water partition coefficient (Wildman–Crippen LogP) is 6.30. The van der Waals surface area contributed by atoms with Crippen molar-refractivity contribution in [2.75, 3.05) is 0 Å². The van der Waals surface area contributed by atoms with Gasteiger partial charge >= 0.3 is 0 Å². The zero-order valence-electron chi connectivity index (χ0n) is 18.8. The van der Waals surface area contributed by atoms with Crippen LogP contribution in [0, 0.1) is 11.7 Å². The molecule has 6 heteroatoms. The number of carbonyl (C=O) groups is 1. The number of rotatable bonds is 5. The molecule has 0 saturated heterocycles. The van der Waals surface area contributed by atoms with Crippen LogP contribution in [0.5, 0.6) is 0 Å². The van der Waals surface area contributed by atoms with Crippen LogP contribution >= 0.6 is 11.6 Å². The van der Waals surface area contributed by atoms with E-state index in [1.165, 1.54) is 34.5 Å². The number of nitrogens with zero attached hydrogens (tertiary/aromatic N) is 2. The van der Waals surface area contributed by atoms with Crippen LogP contribution in [0.4, 0.5) is 4.39 Å². The molecule has 3 aromatic rings. The molecular weight excluding hydrogens is 437 g/mol. The average Bonchev–Trinajstić information content (AvgIpc) is 3.39. The van der Waals surface area contributed by atoms with E-state index in [1.54, 1.807) is 19.1 Å². The zero-order chi connectivity index (χ0) is 23.1. The van der Waals surface area contributed by atoms with Crippen LogP contribution in [-0.2, 0) is 11.2 Å². The van der Waals surface area contributed by atoms with E-state index in [1.807, 2.05) is 35.1 Å². The summed E-state index contributed by atoms with van der Waals surface area (Å²) < 4.78 is 15.4. The van der Waals surface area contributed by atoms with Crippen LogP contribution in [0.25, 0.3) is 5.69 Å². The summed E-state index contributed by atoms with van der Waals surface area (Å²) in [6.07, 6.45) is 5.82. The van der Waals surface area contributed by atoms with E-state index >= 15 is 0 Å².